The molecular formula is C18H17FN4O3. The molecule has 2 aromatic rings. The largest absolute Gasteiger partial charge is 0.442 e. The Morgan fingerprint density at radius 2 is 2.31 bits per heavy atom. The number of imidazole rings is 1. The molecule has 8 heteroatoms. The first-order chi connectivity index (χ1) is 12.5. The highest BCUT2D eigenvalue weighted by Gasteiger charge is 2.32. The van der Waals surface area contributed by atoms with E-state index in [1.807, 2.05) is 10.6 Å². The molecule has 1 N–H and O–H groups in total. The van der Waals surface area contributed by atoms with Crippen molar-refractivity contribution in [2.24, 2.45) is 0 Å². The summed E-state index contributed by atoms with van der Waals surface area (Å²) in [7, 11) is 0. The lowest BCUT2D eigenvalue weighted by atomic mass is 10.0. The highest BCUT2D eigenvalue weighted by Crippen LogP contribution is 2.31. The van der Waals surface area contributed by atoms with Crippen molar-refractivity contribution < 1.29 is 18.7 Å². The molecule has 2 amide bonds. The van der Waals surface area contributed by atoms with Crippen molar-refractivity contribution in [2.45, 2.75) is 19.6 Å². The molecule has 3 heterocycles. The van der Waals surface area contributed by atoms with E-state index in [0.29, 0.717) is 17.8 Å². The first-order valence-corrected chi connectivity index (χ1v) is 8.24. The Balaban J connectivity index is 1.51. The van der Waals surface area contributed by atoms with Gasteiger partial charge in [0.15, 0.2) is 0 Å². The molecule has 2 aliphatic heterocycles. The Labute approximate surface area is 149 Å². The van der Waals surface area contributed by atoms with Gasteiger partial charge in [-0.2, -0.15) is 0 Å². The molecule has 0 aliphatic carbocycles. The smallest absolute Gasteiger partial charge is 0.414 e. The van der Waals surface area contributed by atoms with Gasteiger partial charge in [0, 0.05) is 19.0 Å². The second-order valence-corrected chi connectivity index (χ2v) is 6.33. The number of carbonyl (C=O) groups excluding carboxylic acids is 2. The average molecular weight is 356 g/mol. The topological polar surface area (TPSA) is 76.5 Å². The van der Waals surface area contributed by atoms with E-state index in [1.54, 1.807) is 24.7 Å². The number of hydrogen-bond donors (Lipinski definition) is 1. The third-order valence-electron chi connectivity index (χ3n) is 4.47. The minimum Gasteiger partial charge on any atom is -0.442 e. The zero-order chi connectivity index (χ0) is 18.3. The lowest BCUT2D eigenvalue weighted by molar-refractivity contribution is -0.119. The van der Waals surface area contributed by atoms with Crippen LogP contribution < -0.4 is 10.2 Å². The van der Waals surface area contributed by atoms with Crippen LogP contribution in [0.15, 0.2) is 30.7 Å². The predicted molar refractivity (Wildman–Crippen MR) is 92.8 cm³/mol. The molecule has 134 valence electrons. The first-order valence-electron chi connectivity index (χ1n) is 8.24. The molecule has 0 spiro atoms. The van der Waals surface area contributed by atoms with E-state index in [9.17, 15) is 14.0 Å². The number of benzene rings is 1. The number of anilines is 1. The molecule has 0 saturated carbocycles. The summed E-state index contributed by atoms with van der Waals surface area (Å²) in [5.41, 5.74) is 2.73. The lowest BCUT2D eigenvalue weighted by Gasteiger charge is -2.15. The van der Waals surface area contributed by atoms with Gasteiger partial charge < -0.3 is 14.6 Å². The molecule has 1 saturated heterocycles. The number of ether oxygens (including phenoxy) is 1. The number of fused-ring (bicyclic) bond motifs is 1. The lowest BCUT2D eigenvalue weighted by Crippen LogP contribution is -2.33. The van der Waals surface area contributed by atoms with Gasteiger partial charge in [-0.05, 0) is 29.8 Å². The second-order valence-electron chi connectivity index (χ2n) is 6.33. The third-order valence-corrected chi connectivity index (χ3v) is 4.47. The van der Waals surface area contributed by atoms with E-state index in [1.165, 1.54) is 17.9 Å². The Hall–Kier alpha value is -3.16. The number of amides is 2. The maximum atomic E-state index is 14.7. The molecule has 1 atom stereocenters. The second kappa shape index (κ2) is 6.29. The minimum absolute atomic E-state index is 0.194. The molecule has 2 aliphatic rings. The summed E-state index contributed by atoms with van der Waals surface area (Å²) in [5, 5.41) is 2.61. The van der Waals surface area contributed by atoms with Crippen molar-refractivity contribution in [2.75, 3.05) is 18.0 Å². The highest BCUT2D eigenvalue weighted by molar-refractivity contribution is 5.91. The van der Waals surface area contributed by atoms with Crippen LogP contribution in [0.4, 0.5) is 14.9 Å². The molecular weight excluding hydrogens is 339 g/mol. The van der Waals surface area contributed by atoms with Gasteiger partial charge in [0.25, 0.3) is 0 Å². The number of nitrogens with zero attached hydrogens (tertiary/aromatic N) is 3. The van der Waals surface area contributed by atoms with Gasteiger partial charge in [-0.25, -0.2) is 14.2 Å². The number of rotatable bonds is 4. The monoisotopic (exact) mass is 356 g/mol. The van der Waals surface area contributed by atoms with E-state index in [4.69, 9.17) is 4.74 Å². The highest BCUT2D eigenvalue weighted by atomic mass is 19.1. The number of cyclic esters (lactones) is 1. The van der Waals surface area contributed by atoms with Crippen LogP contribution in [0.5, 0.6) is 0 Å². The fourth-order valence-electron chi connectivity index (χ4n) is 3.18. The van der Waals surface area contributed by atoms with Crippen LogP contribution in [0.3, 0.4) is 0 Å². The van der Waals surface area contributed by atoms with Gasteiger partial charge in [0.2, 0.25) is 5.91 Å². The summed E-state index contributed by atoms with van der Waals surface area (Å²) in [5.74, 6) is -0.592. The van der Waals surface area contributed by atoms with Crippen LogP contribution in [-0.4, -0.2) is 40.7 Å². The Morgan fingerprint density at radius 1 is 1.46 bits per heavy atom. The molecule has 7 nitrogen and oxygen atoms in total. The standard InChI is InChI=1S/C18H17FN4O3/c1-11(24)21-7-15-9-23(18(25)26-15)13-2-3-16(17(19)5-13)12-4-14-6-20-10-22(14)8-12/h2-6,10,15H,7-9H2,1H3,(H,21,24)/t15-/m0/s1. The van der Waals surface area contributed by atoms with Crippen molar-refractivity contribution in [3.05, 3.63) is 47.8 Å². The zero-order valence-corrected chi connectivity index (χ0v) is 14.1. The zero-order valence-electron chi connectivity index (χ0n) is 14.1. The van der Waals surface area contributed by atoms with Crippen molar-refractivity contribution >= 4 is 29.3 Å². The summed E-state index contributed by atoms with van der Waals surface area (Å²) in [6, 6.07) is 4.71. The van der Waals surface area contributed by atoms with Crippen LogP contribution in [0.2, 0.25) is 0 Å². The Kier molecular flexibility index (Phi) is 3.95. The number of nitrogens with one attached hydrogen (secondary N) is 1. The SMILES string of the molecule is CC(=O)NC[C@H]1CN(c2ccc(C3=Cc4cncn4C3)c(F)c2)C(=O)O1. The third kappa shape index (κ3) is 2.94. The van der Waals surface area contributed by atoms with Crippen LogP contribution in [0.1, 0.15) is 18.2 Å². The van der Waals surface area contributed by atoms with Crippen LogP contribution in [-0.2, 0) is 16.1 Å². The molecule has 0 radical (unpaired) electrons. The fraction of sp³-hybridized carbons (Fsp3) is 0.278. The maximum Gasteiger partial charge on any atom is 0.414 e. The summed E-state index contributed by atoms with van der Waals surface area (Å²) in [4.78, 5) is 28.4. The maximum absolute atomic E-state index is 14.7. The van der Waals surface area contributed by atoms with E-state index in [2.05, 4.69) is 10.3 Å². The van der Waals surface area contributed by atoms with Crippen LogP contribution in [0.25, 0.3) is 11.6 Å². The molecule has 4 rings (SSSR count). The Morgan fingerprint density at radius 3 is 3.04 bits per heavy atom. The average Bonchev–Trinajstić information content (AvgIpc) is 3.27. The quantitative estimate of drug-likeness (QED) is 0.910. The number of carbonyl (C=O) groups is 2. The van der Waals surface area contributed by atoms with Crippen molar-refractivity contribution in [3.63, 3.8) is 0 Å². The van der Waals surface area contributed by atoms with Crippen molar-refractivity contribution in [3.8, 4) is 0 Å². The van der Waals surface area contributed by atoms with Gasteiger partial charge in [-0.15, -0.1) is 0 Å². The molecule has 1 aromatic heterocycles. The van der Waals surface area contributed by atoms with Gasteiger partial charge in [-0.3, -0.25) is 9.69 Å². The number of hydrogen-bond acceptors (Lipinski definition) is 4. The number of aromatic nitrogens is 2. The molecule has 0 unspecified atom stereocenters. The van der Waals surface area contributed by atoms with Gasteiger partial charge in [0.05, 0.1) is 37.0 Å². The molecule has 1 fully saturated rings. The number of allylic oxidation sites excluding steroid dienone is 1. The van der Waals surface area contributed by atoms with Gasteiger partial charge in [-0.1, -0.05) is 0 Å². The van der Waals surface area contributed by atoms with Gasteiger partial charge in [0.1, 0.15) is 11.9 Å². The van der Waals surface area contributed by atoms with E-state index < -0.39 is 18.0 Å². The summed E-state index contributed by atoms with van der Waals surface area (Å²) < 4.78 is 21.8. The molecule has 1 aromatic carbocycles. The predicted octanol–water partition coefficient (Wildman–Crippen LogP) is 2.04. The molecule has 0 bridgehead atoms. The minimum atomic E-state index is -0.547. The van der Waals surface area contributed by atoms with E-state index >= 15 is 0 Å². The normalized spacial score (nSPS) is 18.5. The molecule has 26 heavy (non-hydrogen) atoms. The first kappa shape index (κ1) is 16.3. The summed E-state index contributed by atoms with van der Waals surface area (Å²) >= 11 is 0. The van der Waals surface area contributed by atoms with Crippen molar-refractivity contribution in [1.29, 1.82) is 0 Å². The summed E-state index contributed by atoms with van der Waals surface area (Å²) in [6.07, 6.45) is 4.34. The fourth-order valence-corrected chi connectivity index (χ4v) is 3.18. The Bertz CT molecular complexity index is 921. The van der Waals surface area contributed by atoms with Crippen molar-refractivity contribution in [1.82, 2.24) is 14.9 Å². The van der Waals surface area contributed by atoms with E-state index in [0.717, 1.165) is 11.3 Å². The van der Waals surface area contributed by atoms with Crippen LogP contribution in [0, 0.1) is 5.82 Å². The van der Waals surface area contributed by atoms with Gasteiger partial charge >= 0.3 is 6.09 Å². The number of halogens is 1. The van der Waals surface area contributed by atoms with Crippen LogP contribution >= 0.6 is 0 Å². The van der Waals surface area contributed by atoms with E-state index in [-0.39, 0.29) is 19.0 Å². The summed E-state index contributed by atoms with van der Waals surface area (Å²) in [6.45, 7) is 2.46.